The second-order valence-electron chi connectivity index (χ2n) is 6.30. The molecule has 21 heavy (non-hydrogen) atoms. The number of carbonyl (C=O) groups is 1. The fourth-order valence-corrected chi connectivity index (χ4v) is 5.21. The average molecular weight is 316 g/mol. The van der Waals surface area contributed by atoms with Gasteiger partial charge in [-0.15, -0.1) is 0 Å². The second-order valence-corrected chi connectivity index (χ2v) is 8.39. The molecule has 3 heterocycles. The number of morpholine rings is 1. The van der Waals surface area contributed by atoms with Crippen LogP contribution in [0.1, 0.15) is 32.6 Å². The summed E-state index contributed by atoms with van der Waals surface area (Å²) in [6.07, 6.45) is 3.05. The number of carbonyl (C=O) groups excluding carboxylic acids is 1. The predicted molar refractivity (Wildman–Crippen MR) is 78.2 cm³/mol. The third-order valence-corrected chi connectivity index (χ3v) is 6.72. The average Bonchev–Trinajstić information content (AvgIpc) is 3.06. The molecule has 0 unspecified atom stereocenters. The molecule has 0 saturated carbocycles. The Hall–Kier alpha value is -0.660. The number of sulfonamides is 1. The molecule has 7 heteroatoms. The summed E-state index contributed by atoms with van der Waals surface area (Å²) in [7, 11) is -3.20. The van der Waals surface area contributed by atoms with Gasteiger partial charge in [0.05, 0.1) is 23.9 Å². The zero-order valence-electron chi connectivity index (χ0n) is 12.5. The molecular weight excluding hydrogens is 292 g/mol. The minimum atomic E-state index is -3.20. The van der Waals surface area contributed by atoms with Crippen LogP contribution in [0.4, 0.5) is 0 Å². The third kappa shape index (κ3) is 2.96. The summed E-state index contributed by atoms with van der Waals surface area (Å²) in [6.45, 7) is 4.28. The van der Waals surface area contributed by atoms with E-state index in [0.29, 0.717) is 25.9 Å². The van der Waals surface area contributed by atoms with Crippen LogP contribution in [0.5, 0.6) is 0 Å². The van der Waals surface area contributed by atoms with Crippen LogP contribution in [0.2, 0.25) is 0 Å². The maximum atomic E-state index is 12.6. The van der Waals surface area contributed by atoms with E-state index in [4.69, 9.17) is 4.74 Å². The Morgan fingerprint density at radius 2 is 1.95 bits per heavy atom. The number of nitrogens with zero attached hydrogens (tertiary/aromatic N) is 2. The number of hydrogen-bond donors (Lipinski definition) is 0. The van der Waals surface area contributed by atoms with E-state index in [9.17, 15) is 13.2 Å². The summed E-state index contributed by atoms with van der Waals surface area (Å²) in [5.74, 6) is 0.182. The monoisotopic (exact) mass is 316 g/mol. The highest BCUT2D eigenvalue weighted by atomic mass is 32.2. The van der Waals surface area contributed by atoms with Gasteiger partial charge in [-0.25, -0.2) is 8.42 Å². The summed E-state index contributed by atoms with van der Waals surface area (Å²) < 4.78 is 31.8. The number of fused-ring (bicyclic) bond motifs is 2. The van der Waals surface area contributed by atoms with E-state index in [1.807, 2.05) is 11.8 Å². The molecule has 0 aliphatic carbocycles. The molecule has 3 atom stereocenters. The van der Waals surface area contributed by atoms with Crippen LogP contribution in [0.3, 0.4) is 0 Å². The fraction of sp³-hybridized carbons (Fsp3) is 0.929. The van der Waals surface area contributed by atoms with Gasteiger partial charge in [0.15, 0.2) is 0 Å². The Morgan fingerprint density at radius 1 is 1.24 bits per heavy atom. The standard InChI is InChI=1S/C14H24N2O4S/c1-2-7-21(18,19)16-9-11-8-12(13(10-16)20-11)14(17)15-5-3-4-6-15/h11-13H,2-10H2,1H3/t11-,12-,13-/m0/s1. The van der Waals surface area contributed by atoms with Crippen molar-refractivity contribution in [3.05, 3.63) is 0 Å². The van der Waals surface area contributed by atoms with Gasteiger partial charge in [-0.1, -0.05) is 6.92 Å². The lowest BCUT2D eigenvalue weighted by Gasteiger charge is -2.32. The highest BCUT2D eigenvalue weighted by molar-refractivity contribution is 7.89. The maximum Gasteiger partial charge on any atom is 0.228 e. The van der Waals surface area contributed by atoms with E-state index < -0.39 is 10.0 Å². The second kappa shape index (κ2) is 5.85. The Labute approximate surface area is 126 Å². The normalized spacial score (nSPS) is 33.6. The van der Waals surface area contributed by atoms with E-state index in [1.165, 1.54) is 4.31 Å². The molecule has 2 bridgehead atoms. The van der Waals surface area contributed by atoms with Crippen LogP contribution in [0.25, 0.3) is 0 Å². The van der Waals surface area contributed by atoms with Gasteiger partial charge in [-0.3, -0.25) is 4.79 Å². The molecule has 0 spiro atoms. The predicted octanol–water partition coefficient (Wildman–Crippen LogP) is 0.438. The lowest BCUT2D eigenvalue weighted by molar-refractivity contribution is -0.136. The van der Waals surface area contributed by atoms with Crippen molar-refractivity contribution in [3.63, 3.8) is 0 Å². The molecule has 3 aliphatic rings. The first-order valence-corrected chi connectivity index (χ1v) is 9.54. The smallest absolute Gasteiger partial charge is 0.228 e. The maximum absolute atomic E-state index is 12.6. The first-order chi connectivity index (χ1) is 10.0. The lowest BCUT2D eigenvalue weighted by atomic mass is 9.99. The van der Waals surface area contributed by atoms with Crippen LogP contribution in [0, 0.1) is 5.92 Å². The SMILES string of the molecule is CCCS(=O)(=O)N1C[C@@H]2C[C@H](C(=O)N3CCCC3)[C@H](C1)O2. The molecule has 0 aromatic heterocycles. The molecule has 3 aliphatic heterocycles. The van der Waals surface area contributed by atoms with Crippen molar-refractivity contribution in [3.8, 4) is 0 Å². The number of rotatable bonds is 4. The van der Waals surface area contributed by atoms with Gasteiger partial charge in [0.1, 0.15) is 0 Å². The van der Waals surface area contributed by atoms with E-state index in [0.717, 1.165) is 25.9 Å². The zero-order chi connectivity index (χ0) is 15.0. The highest BCUT2D eigenvalue weighted by Crippen LogP contribution is 2.34. The van der Waals surface area contributed by atoms with Crippen molar-refractivity contribution in [1.29, 1.82) is 0 Å². The minimum Gasteiger partial charge on any atom is -0.371 e. The van der Waals surface area contributed by atoms with Crippen molar-refractivity contribution >= 4 is 15.9 Å². The quantitative estimate of drug-likeness (QED) is 0.755. The van der Waals surface area contributed by atoms with Crippen molar-refractivity contribution in [2.24, 2.45) is 5.92 Å². The van der Waals surface area contributed by atoms with Crippen LogP contribution in [-0.4, -0.2) is 67.7 Å². The fourth-order valence-electron chi connectivity index (χ4n) is 3.67. The molecule has 120 valence electrons. The molecule has 3 saturated heterocycles. The van der Waals surface area contributed by atoms with Crippen LogP contribution in [0.15, 0.2) is 0 Å². The molecule has 6 nitrogen and oxygen atoms in total. The van der Waals surface area contributed by atoms with E-state index >= 15 is 0 Å². The first kappa shape index (κ1) is 15.2. The summed E-state index contributed by atoms with van der Waals surface area (Å²) in [5, 5.41) is 0. The summed E-state index contributed by atoms with van der Waals surface area (Å²) in [6, 6.07) is 0. The Balaban J connectivity index is 1.69. The topological polar surface area (TPSA) is 66.9 Å². The van der Waals surface area contributed by atoms with E-state index in [2.05, 4.69) is 0 Å². The molecule has 3 rings (SSSR count). The Kier molecular flexibility index (Phi) is 4.25. The minimum absolute atomic E-state index is 0.119. The van der Waals surface area contributed by atoms with Crippen molar-refractivity contribution in [2.45, 2.75) is 44.8 Å². The van der Waals surface area contributed by atoms with Gasteiger partial charge in [-0.2, -0.15) is 4.31 Å². The van der Waals surface area contributed by atoms with Gasteiger partial charge in [0.2, 0.25) is 15.9 Å². The van der Waals surface area contributed by atoms with Crippen LogP contribution in [-0.2, 0) is 19.6 Å². The number of likely N-dealkylation sites (tertiary alicyclic amines) is 1. The zero-order valence-corrected chi connectivity index (χ0v) is 13.3. The molecule has 0 aromatic rings. The van der Waals surface area contributed by atoms with Gasteiger partial charge in [-0.05, 0) is 25.7 Å². The molecule has 0 N–H and O–H groups in total. The van der Waals surface area contributed by atoms with Gasteiger partial charge >= 0.3 is 0 Å². The summed E-state index contributed by atoms with van der Waals surface area (Å²) >= 11 is 0. The van der Waals surface area contributed by atoms with Gasteiger partial charge < -0.3 is 9.64 Å². The highest BCUT2D eigenvalue weighted by Gasteiger charge is 2.48. The number of amides is 1. The number of hydrogen-bond acceptors (Lipinski definition) is 4. The van der Waals surface area contributed by atoms with E-state index in [-0.39, 0.29) is 29.8 Å². The summed E-state index contributed by atoms with van der Waals surface area (Å²) in [4.78, 5) is 14.5. The largest absolute Gasteiger partial charge is 0.371 e. The summed E-state index contributed by atoms with van der Waals surface area (Å²) in [5.41, 5.74) is 0. The van der Waals surface area contributed by atoms with E-state index in [1.54, 1.807) is 0 Å². The third-order valence-electron chi connectivity index (χ3n) is 4.71. The van der Waals surface area contributed by atoms with Crippen molar-refractivity contribution < 1.29 is 17.9 Å². The van der Waals surface area contributed by atoms with Crippen LogP contribution < -0.4 is 0 Å². The van der Waals surface area contributed by atoms with Crippen molar-refractivity contribution in [2.75, 3.05) is 31.9 Å². The number of ether oxygens (including phenoxy) is 1. The molecule has 0 aromatic carbocycles. The first-order valence-electron chi connectivity index (χ1n) is 7.93. The van der Waals surface area contributed by atoms with Crippen molar-refractivity contribution in [1.82, 2.24) is 9.21 Å². The molecular formula is C14H24N2O4S. The Bertz CT molecular complexity index is 501. The molecule has 3 fully saturated rings. The Morgan fingerprint density at radius 3 is 2.62 bits per heavy atom. The van der Waals surface area contributed by atoms with Crippen LogP contribution >= 0.6 is 0 Å². The molecule has 0 radical (unpaired) electrons. The van der Waals surface area contributed by atoms with Gasteiger partial charge in [0.25, 0.3) is 0 Å². The molecule has 1 amide bonds. The lowest BCUT2D eigenvalue weighted by Crippen LogP contribution is -2.48. The van der Waals surface area contributed by atoms with Gasteiger partial charge in [0, 0.05) is 26.2 Å².